The van der Waals surface area contributed by atoms with Crippen LogP contribution in [0.3, 0.4) is 0 Å². The minimum atomic E-state index is -4.18. The average molecular weight is 479 g/mol. The van der Waals surface area contributed by atoms with Gasteiger partial charge in [-0.25, -0.2) is 17.8 Å². The van der Waals surface area contributed by atoms with Crippen LogP contribution in [0.1, 0.15) is 11.4 Å². The van der Waals surface area contributed by atoms with E-state index in [9.17, 15) is 17.6 Å². The molecule has 1 N–H and O–H groups in total. The molecule has 3 aromatic carbocycles. The summed E-state index contributed by atoms with van der Waals surface area (Å²) in [6, 6.07) is 20.6. The van der Waals surface area contributed by atoms with E-state index in [0.29, 0.717) is 0 Å². The van der Waals surface area contributed by atoms with E-state index < -0.39 is 28.3 Å². The highest BCUT2D eigenvalue weighted by atomic mass is 32.2. The fourth-order valence-electron chi connectivity index (χ4n) is 3.58. The summed E-state index contributed by atoms with van der Waals surface area (Å²) in [6.07, 6.45) is 3.51. The highest BCUT2D eigenvalue weighted by Crippen LogP contribution is 2.26. The fourth-order valence-corrected chi connectivity index (χ4v) is 5.03. The maximum absolute atomic E-state index is 14.6. The Kier molecular flexibility index (Phi) is 6.74. The SMILES string of the molecule is Cc1nccn1-c1ccccc1CNC(=O)CN(c1ccccc1F)S(=O)(=O)c1ccccc1. The van der Waals surface area contributed by atoms with E-state index in [1.54, 1.807) is 24.4 Å². The van der Waals surface area contributed by atoms with Gasteiger partial charge in [-0.05, 0) is 42.8 Å². The molecule has 1 heterocycles. The number of sulfonamides is 1. The molecule has 7 nitrogen and oxygen atoms in total. The van der Waals surface area contributed by atoms with Gasteiger partial charge in [0.25, 0.3) is 10.0 Å². The average Bonchev–Trinajstić information content (AvgIpc) is 3.28. The number of rotatable bonds is 8. The zero-order chi connectivity index (χ0) is 24.1. The number of halogens is 1. The largest absolute Gasteiger partial charge is 0.350 e. The number of hydrogen-bond acceptors (Lipinski definition) is 4. The predicted molar refractivity (Wildman–Crippen MR) is 128 cm³/mol. The molecule has 0 unspecified atom stereocenters. The van der Waals surface area contributed by atoms with Gasteiger partial charge in [0.15, 0.2) is 0 Å². The van der Waals surface area contributed by atoms with Crippen molar-refractivity contribution in [1.82, 2.24) is 14.9 Å². The molecule has 0 saturated carbocycles. The Balaban J connectivity index is 1.59. The second kappa shape index (κ2) is 9.88. The van der Waals surface area contributed by atoms with Crippen LogP contribution in [0.15, 0.2) is 96.2 Å². The van der Waals surface area contributed by atoms with Crippen molar-refractivity contribution in [3.63, 3.8) is 0 Å². The van der Waals surface area contributed by atoms with E-state index in [1.807, 2.05) is 42.0 Å². The molecule has 0 bridgehead atoms. The first-order valence-electron chi connectivity index (χ1n) is 10.5. The third-order valence-electron chi connectivity index (χ3n) is 5.29. The number of carbonyl (C=O) groups is 1. The van der Waals surface area contributed by atoms with Gasteiger partial charge in [0.05, 0.1) is 16.3 Å². The van der Waals surface area contributed by atoms with Gasteiger partial charge >= 0.3 is 0 Å². The first-order valence-corrected chi connectivity index (χ1v) is 12.0. The quantitative estimate of drug-likeness (QED) is 0.417. The maximum atomic E-state index is 14.6. The molecule has 34 heavy (non-hydrogen) atoms. The minimum Gasteiger partial charge on any atom is -0.350 e. The second-order valence-corrected chi connectivity index (χ2v) is 9.39. The molecular weight excluding hydrogens is 455 g/mol. The standard InChI is InChI=1S/C25H23FN4O3S/c1-19-27-15-16-29(19)23-13-7-5-9-20(23)17-28-25(31)18-30(24-14-8-6-12-22(24)26)34(32,33)21-10-3-2-4-11-21/h2-16H,17-18H2,1H3,(H,28,31). The van der Waals surface area contributed by atoms with Crippen LogP contribution >= 0.6 is 0 Å². The molecule has 0 spiro atoms. The number of aryl methyl sites for hydroxylation is 1. The smallest absolute Gasteiger partial charge is 0.264 e. The Labute approximate surface area is 197 Å². The van der Waals surface area contributed by atoms with Gasteiger partial charge in [-0.1, -0.05) is 48.5 Å². The van der Waals surface area contributed by atoms with Crippen molar-refractivity contribution in [3.8, 4) is 5.69 Å². The number of para-hydroxylation sites is 2. The lowest BCUT2D eigenvalue weighted by molar-refractivity contribution is -0.119. The number of anilines is 1. The number of nitrogens with zero attached hydrogens (tertiary/aromatic N) is 3. The molecule has 4 rings (SSSR count). The third kappa shape index (κ3) is 4.84. The zero-order valence-corrected chi connectivity index (χ0v) is 19.2. The number of carbonyl (C=O) groups excluding carboxylic acids is 1. The highest BCUT2D eigenvalue weighted by Gasteiger charge is 2.29. The van der Waals surface area contributed by atoms with Crippen molar-refractivity contribution in [2.75, 3.05) is 10.8 Å². The molecule has 9 heteroatoms. The van der Waals surface area contributed by atoms with Gasteiger partial charge in [0, 0.05) is 18.9 Å². The first kappa shape index (κ1) is 23.2. The lowest BCUT2D eigenvalue weighted by Gasteiger charge is -2.24. The Bertz CT molecular complexity index is 1400. The lowest BCUT2D eigenvalue weighted by atomic mass is 10.1. The zero-order valence-electron chi connectivity index (χ0n) is 18.4. The van der Waals surface area contributed by atoms with E-state index >= 15 is 0 Å². The Morgan fingerprint density at radius 1 is 1.00 bits per heavy atom. The van der Waals surface area contributed by atoms with E-state index in [4.69, 9.17) is 0 Å². The molecule has 0 aliphatic rings. The van der Waals surface area contributed by atoms with E-state index in [0.717, 1.165) is 27.4 Å². The fraction of sp³-hybridized carbons (Fsp3) is 0.120. The van der Waals surface area contributed by atoms with Crippen molar-refractivity contribution < 1.29 is 17.6 Å². The number of aromatic nitrogens is 2. The van der Waals surface area contributed by atoms with Crippen molar-refractivity contribution in [2.24, 2.45) is 0 Å². The number of imidazole rings is 1. The number of amides is 1. The van der Waals surface area contributed by atoms with Crippen molar-refractivity contribution >= 4 is 21.6 Å². The Hall–Kier alpha value is -3.98. The van der Waals surface area contributed by atoms with Crippen LogP contribution in [0, 0.1) is 12.7 Å². The molecule has 0 fully saturated rings. The van der Waals surface area contributed by atoms with Gasteiger partial charge in [0.2, 0.25) is 5.91 Å². The van der Waals surface area contributed by atoms with Crippen LogP contribution in [-0.4, -0.2) is 30.4 Å². The van der Waals surface area contributed by atoms with Gasteiger partial charge < -0.3 is 9.88 Å². The van der Waals surface area contributed by atoms with Crippen molar-refractivity contribution in [1.29, 1.82) is 0 Å². The molecule has 174 valence electrons. The summed E-state index contributed by atoms with van der Waals surface area (Å²) < 4.78 is 43.9. The van der Waals surface area contributed by atoms with E-state index in [2.05, 4.69) is 10.3 Å². The summed E-state index contributed by atoms with van der Waals surface area (Å²) >= 11 is 0. The van der Waals surface area contributed by atoms with Crippen LogP contribution < -0.4 is 9.62 Å². The minimum absolute atomic E-state index is 0.0352. The summed E-state index contributed by atoms with van der Waals surface area (Å²) in [7, 11) is -4.18. The summed E-state index contributed by atoms with van der Waals surface area (Å²) in [5.41, 5.74) is 1.47. The van der Waals surface area contributed by atoms with Gasteiger partial charge in [0.1, 0.15) is 18.2 Å². The summed E-state index contributed by atoms with van der Waals surface area (Å²) in [5.74, 6) is -0.519. The van der Waals surface area contributed by atoms with Gasteiger partial charge in [-0.15, -0.1) is 0 Å². The monoisotopic (exact) mass is 478 g/mol. The normalized spacial score (nSPS) is 11.2. The number of nitrogens with one attached hydrogen (secondary N) is 1. The maximum Gasteiger partial charge on any atom is 0.264 e. The molecule has 1 amide bonds. The number of hydrogen-bond donors (Lipinski definition) is 1. The predicted octanol–water partition coefficient (Wildman–Crippen LogP) is 3.83. The molecule has 0 radical (unpaired) electrons. The van der Waals surface area contributed by atoms with Crippen molar-refractivity contribution in [2.45, 2.75) is 18.4 Å². The van der Waals surface area contributed by atoms with Gasteiger partial charge in [-0.3, -0.25) is 9.10 Å². The topological polar surface area (TPSA) is 84.3 Å². The molecule has 0 saturated heterocycles. The summed E-state index contributed by atoms with van der Waals surface area (Å²) in [4.78, 5) is 17.1. The van der Waals surface area contributed by atoms with Crippen LogP contribution in [-0.2, 0) is 21.4 Å². The molecule has 0 aliphatic carbocycles. The third-order valence-corrected chi connectivity index (χ3v) is 7.07. The lowest BCUT2D eigenvalue weighted by Crippen LogP contribution is -2.41. The second-order valence-electron chi connectivity index (χ2n) is 7.53. The molecular formula is C25H23FN4O3S. The van der Waals surface area contributed by atoms with E-state index in [-0.39, 0.29) is 17.1 Å². The Morgan fingerprint density at radius 3 is 2.38 bits per heavy atom. The van der Waals surface area contributed by atoms with E-state index in [1.165, 1.54) is 30.3 Å². The van der Waals surface area contributed by atoms with Crippen molar-refractivity contribution in [3.05, 3.63) is 108 Å². The van der Waals surface area contributed by atoms with Crippen LogP contribution in [0.4, 0.5) is 10.1 Å². The molecule has 4 aromatic rings. The number of benzene rings is 3. The van der Waals surface area contributed by atoms with Crippen LogP contribution in [0.25, 0.3) is 5.69 Å². The molecule has 0 aliphatic heterocycles. The summed E-state index contributed by atoms with van der Waals surface area (Å²) in [5, 5.41) is 2.76. The highest BCUT2D eigenvalue weighted by molar-refractivity contribution is 7.92. The molecule has 1 aromatic heterocycles. The van der Waals surface area contributed by atoms with Crippen LogP contribution in [0.2, 0.25) is 0 Å². The first-order chi connectivity index (χ1) is 16.4. The van der Waals surface area contributed by atoms with Gasteiger partial charge in [-0.2, -0.15) is 0 Å². The molecule has 0 atom stereocenters. The summed E-state index contributed by atoms with van der Waals surface area (Å²) in [6.45, 7) is 1.45. The Morgan fingerprint density at radius 2 is 1.68 bits per heavy atom. The van der Waals surface area contributed by atoms with Crippen LogP contribution in [0.5, 0.6) is 0 Å².